The van der Waals surface area contributed by atoms with Crippen LogP contribution in [0.4, 0.5) is 8.78 Å². The standard InChI is InChI=1S/C33H26F2N4O4/c1-19-12-22(28-9-7-26(34)32(38-28)43-18-24-3-2-20(16-36)13-27(24)35)5-4-21(19)15-31-37-29-8-6-23(33(40)41)14-30(29)39(31)17-25-10-11-42-25/h2-9,12-14,25H,10-11,15,17-18H2,1H3,(H,40,41)/t25-/m0/s1. The average molecular weight is 581 g/mol. The number of hydrogen-bond acceptors (Lipinski definition) is 6. The minimum Gasteiger partial charge on any atom is -0.478 e. The number of aryl methyl sites for hydroxylation is 1. The number of benzene rings is 3. The molecule has 1 saturated heterocycles. The number of pyridine rings is 1. The number of nitriles is 1. The molecule has 0 unspecified atom stereocenters. The van der Waals surface area contributed by atoms with Gasteiger partial charge in [0, 0.05) is 24.2 Å². The third kappa shape index (κ3) is 5.80. The molecule has 0 spiro atoms. The summed E-state index contributed by atoms with van der Waals surface area (Å²) < 4.78 is 42.0. The maximum Gasteiger partial charge on any atom is 0.335 e. The Morgan fingerprint density at radius 2 is 1.88 bits per heavy atom. The van der Waals surface area contributed by atoms with Crippen LogP contribution in [0.5, 0.6) is 5.88 Å². The normalized spacial score (nSPS) is 14.3. The first-order chi connectivity index (χ1) is 20.8. The van der Waals surface area contributed by atoms with Crippen molar-refractivity contribution in [1.82, 2.24) is 14.5 Å². The predicted molar refractivity (Wildman–Crippen MR) is 154 cm³/mol. The van der Waals surface area contributed by atoms with Crippen LogP contribution in [0, 0.1) is 29.9 Å². The number of rotatable bonds is 9. The van der Waals surface area contributed by atoms with Crippen molar-refractivity contribution in [2.24, 2.45) is 0 Å². The molecule has 0 amide bonds. The van der Waals surface area contributed by atoms with E-state index in [1.807, 2.05) is 35.8 Å². The SMILES string of the molecule is Cc1cc(-c2ccc(F)c(OCc3ccc(C#N)cc3F)n2)ccc1Cc1nc2ccc(C(=O)O)cc2n1C[C@@H]1CCO1. The maximum absolute atomic E-state index is 14.5. The van der Waals surface area contributed by atoms with Crippen LogP contribution in [0.1, 0.15) is 44.9 Å². The van der Waals surface area contributed by atoms with Crippen molar-refractivity contribution in [3.63, 3.8) is 0 Å². The van der Waals surface area contributed by atoms with Crippen LogP contribution in [0.25, 0.3) is 22.3 Å². The number of fused-ring (bicyclic) bond motifs is 1. The van der Waals surface area contributed by atoms with E-state index in [4.69, 9.17) is 19.7 Å². The molecule has 0 aliphatic carbocycles. The Bertz CT molecular complexity index is 1910. The smallest absolute Gasteiger partial charge is 0.335 e. The molecular formula is C33H26F2N4O4. The van der Waals surface area contributed by atoms with E-state index in [1.165, 1.54) is 18.2 Å². The lowest BCUT2D eigenvalue weighted by molar-refractivity contribution is -0.0589. The summed E-state index contributed by atoms with van der Waals surface area (Å²) in [5, 5.41) is 18.4. The van der Waals surface area contributed by atoms with Gasteiger partial charge in [-0.05, 0) is 73.0 Å². The summed E-state index contributed by atoms with van der Waals surface area (Å²) in [4.78, 5) is 20.8. The maximum atomic E-state index is 14.5. The van der Waals surface area contributed by atoms with Crippen LogP contribution >= 0.6 is 0 Å². The Morgan fingerprint density at radius 3 is 2.58 bits per heavy atom. The fourth-order valence-electron chi connectivity index (χ4n) is 5.07. The van der Waals surface area contributed by atoms with Crippen molar-refractivity contribution in [2.45, 2.75) is 39.0 Å². The molecule has 10 heteroatoms. The van der Waals surface area contributed by atoms with Crippen molar-refractivity contribution in [3.8, 4) is 23.2 Å². The van der Waals surface area contributed by atoms with E-state index in [0.29, 0.717) is 25.3 Å². The van der Waals surface area contributed by atoms with Gasteiger partial charge in [0.25, 0.3) is 5.88 Å². The summed E-state index contributed by atoms with van der Waals surface area (Å²) in [6.45, 7) is 3.02. The van der Waals surface area contributed by atoms with Crippen LogP contribution < -0.4 is 4.74 Å². The third-order valence-corrected chi connectivity index (χ3v) is 7.60. The van der Waals surface area contributed by atoms with Gasteiger partial charge in [0.15, 0.2) is 5.82 Å². The monoisotopic (exact) mass is 580 g/mol. The molecule has 1 N–H and O–H groups in total. The van der Waals surface area contributed by atoms with Gasteiger partial charge in [0.2, 0.25) is 0 Å². The molecule has 43 heavy (non-hydrogen) atoms. The van der Waals surface area contributed by atoms with Gasteiger partial charge in [-0.2, -0.15) is 5.26 Å². The largest absolute Gasteiger partial charge is 0.478 e. The van der Waals surface area contributed by atoms with E-state index in [2.05, 4.69) is 4.98 Å². The summed E-state index contributed by atoms with van der Waals surface area (Å²) >= 11 is 0. The highest BCUT2D eigenvalue weighted by Crippen LogP contribution is 2.28. The lowest BCUT2D eigenvalue weighted by Gasteiger charge is -2.27. The van der Waals surface area contributed by atoms with Crippen molar-refractivity contribution >= 4 is 17.0 Å². The van der Waals surface area contributed by atoms with E-state index in [-0.39, 0.29) is 35.3 Å². The highest BCUT2D eigenvalue weighted by Gasteiger charge is 2.23. The Labute approximate surface area is 245 Å². The molecule has 0 radical (unpaired) electrons. The lowest BCUT2D eigenvalue weighted by Crippen LogP contribution is -2.31. The molecule has 2 aromatic heterocycles. The Kier molecular flexibility index (Phi) is 7.57. The molecule has 8 nitrogen and oxygen atoms in total. The van der Waals surface area contributed by atoms with Crippen molar-refractivity contribution in [1.29, 1.82) is 5.26 Å². The Morgan fingerprint density at radius 1 is 1.07 bits per heavy atom. The molecule has 0 saturated carbocycles. The fraction of sp³-hybridized carbons (Fsp3) is 0.212. The molecular weight excluding hydrogens is 554 g/mol. The average Bonchev–Trinajstić information content (AvgIpc) is 3.31. The summed E-state index contributed by atoms with van der Waals surface area (Å²) in [6.07, 6.45) is 1.50. The summed E-state index contributed by atoms with van der Waals surface area (Å²) in [5.41, 5.74) is 5.26. The topological polar surface area (TPSA) is 110 Å². The summed E-state index contributed by atoms with van der Waals surface area (Å²) in [5.74, 6) is -1.73. The molecule has 1 atom stereocenters. The number of hydrogen-bond donors (Lipinski definition) is 1. The molecule has 6 rings (SSSR count). The zero-order valence-electron chi connectivity index (χ0n) is 23.2. The molecule has 5 aromatic rings. The van der Waals surface area contributed by atoms with Crippen LogP contribution in [0.3, 0.4) is 0 Å². The van der Waals surface area contributed by atoms with Gasteiger partial charge >= 0.3 is 5.97 Å². The molecule has 0 bridgehead atoms. The number of aromatic carboxylic acids is 1. The molecule has 216 valence electrons. The van der Waals surface area contributed by atoms with Gasteiger partial charge in [0.1, 0.15) is 18.2 Å². The fourth-order valence-corrected chi connectivity index (χ4v) is 5.07. The number of carbonyl (C=O) groups is 1. The van der Waals surface area contributed by atoms with Crippen LogP contribution in [0.15, 0.2) is 66.7 Å². The highest BCUT2D eigenvalue weighted by atomic mass is 19.1. The first-order valence-corrected chi connectivity index (χ1v) is 13.7. The van der Waals surface area contributed by atoms with E-state index in [0.717, 1.165) is 46.0 Å². The van der Waals surface area contributed by atoms with Crippen LogP contribution in [0.2, 0.25) is 0 Å². The number of ether oxygens (including phenoxy) is 2. The number of nitrogens with zero attached hydrogens (tertiary/aromatic N) is 4. The first-order valence-electron chi connectivity index (χ1n) is 13.7. The molecule has 1 fully saturated rings. The van der Waals surface area contributed by atoms with Crippen molar-refractivity contribution in [3.05, 3.63) is 112 Å². The molecule has 3 aromatic carbocycles. The minimum absolute atomic E-state index is 0.0578. The summed E-state index contributed by atoms with van der Waals surface area (Å²) in [6, 6.07) is 19.4. The lowest BCUT2D eigenvalue weighted by atomic mass is 10.0. The van der Waals surface area contributed by atoms with E-state index in [1.54, 1.807) is 24.3 Å². The van der Waals surface area contributed by atoms with Gasteiger partial charge < -0.3 is 19.1 Å². The second-order valence-corrected chi connectivity index (χ2v) is 10.4. The van der Waals surface area contributed by atoms with Gasteiger partial charge in [0.05, 0.1) is 46.6 Å². The van der Waals surface area contributed by atoms with Crippen LogP contribution in [-0.4, -0.2) is 38.3 Å². The number of carboxylic acid groups (broad SMARTS) is 1. The highest BCUT2D eigenvalue weighted by molar-refractivity contribution is 5.92. The first kappa shape index (κ1) is 28.0. The summed E-state index contributed by atoms with van der Waals surface area (Å²) in [7, 11) is 0. The number of imidazole rings is 1. The van der Waals surface area contributed by atoms with E-state index < -0.39 is 17.6 Å². The predicted octanol–water partition coefficient (Wildman–Crippen LogP) is 6.21. The van der Waals surface area contributed by atoms with Crippen LogP contribution in [-0.2, 0) is 24.3 Å². The second-order valence-electron chi connectivity index (χ2n) is 10.4. The Balaban J connectivity index is 1.25. The van der Waals surface area contributed by atoms with Crippen molar-refractivity contribution in [2.75, 3.05) is 6.61 Å². The number of halogens is 2. The third-order valence-electron chi connectivity index (χ3n) is 7.60. The van der Waals surface area contributed by atoms with E-state index >= 15 is 0 Å². The zero-order chi connectivity index (χ0) is 30.1. The van der Waals surface area contributed by atoms with E-state index in [9.17, 15) is 18.7 Å². The van der Waals surface area contributed by atoms with Gasteiger partial charge in [-0.25, -0.2) is 23.5 Å². The number of carboxylic acids is 1. The minimum atomic E-state index is -0.994. The number of aromatic nitrogens is 3. The van der Waals surface area contributed by atoms with Gasteiger partial charge in [-0.3, -0.25) is 0 Å². The Hall–Kier alpha value is -5.14. The zero-order valence-corrected chi connectivity index (χ0v) is 23.2. The molecule has 3 heterocycles. The van der Waals surface area contributed by atoms with Gasteiger partial charge in [-0.1, -0.05) is 18.2 Å². The van der Waals surface area contributed by atoms with Crippen molar-refractivity contribution < 1.29 is 28.2 Å². The molecule has 1 aliphatic rings. The van der Waals surface area contributed by atoms with Gasteiger partial charge in [-0.15, -0.1) is 0 Å². The molecule has 1 aliphatic heterocycles. The quantitative estimate of drug-likeness (QED) is 0.221. The second kappa shape index (κ2) is 11.6.